The molecule has 0 fully saturated rings. The molecular formula is C18H20N6O5S. The second-order valence-electron chi connectivity index (χ2n) is 6.17. The summed E-state index contributed by atoms with van der Waals surface area (Å²) in [6.07, 6.45) is 1.61. The molecule has 0 aliphatic rings. The first kappa shape index (κ1) is 21.0. The quantitative estimate of drug-likeness (QED) is 0.574. The van der Waals surface area contributed by atoms with Crippen LogP contribution in [0.4, 0.5) is 11.5 Å². The lowest BCUT2D eigenvalue weighted by atomic mass is 10.2. The number of methoxy groups -OCH3 is 2. The zero-order chi connectivity index (χ0) is 21.9. The molecule has 12 heteroatoms. The molecule has 0 aliphatic carbocycles. The van der Waals surface area contributed by atoms with E-state index >= 15 is 0 Å². The average molecular weight is 432 g/mol. The van der Waals surface area contributed by atoms with Crippen molar-refractivity contribution in [1.82, 2.24) is 19.7 Å². The van der Waals surface area contributed by atoms with Gasteiger partial charge in [0, 0.05) is 25.0 Å². The molecule has 30 heavy (non-hydrogen) atoms. The van der Waals surface area contributed by atoms with Gasteiger partial charge in [-0.05, 0) is 31.2 Å². The van der Waals surface area contributed by atoms with Crippen molar-refractivity contribution in [2.45, 2.75) is 11.8 Å². The molecule has 1 amide bonds. The molecule has 0 atom stereocenters. The lowest BCUT2D eigenvalue weighted by Crippen LogP contribution is -2.15. The van der Waals surface area contributed by atoms with Crippen LogP contribution in [0.5, 0.6) is 11.9 Å². The smallest absolute Gasteiger partial charge is 0.321 e. The second-order valence-corrected chi connectivity index (χ2v) is 7.85. The highest BCUT2D eigenvalue weighted by Gasteiger charge is 2.18. The summed E-state index contributed by atoms with van der Waals surface area (Å²) in [4.78, 5) is 20.2. The van der Waals surface area contributed by atoms with Gasteiger partial charge in [-0.1, -0.05) is 0 Å². The molecule has 2 aromatic heterocycles. The fraction of sp³-hybridized carbons (Fsp3) is 0.222. The van der Waals surface area contributed by atoms with E-state index in [1.807, 2.05) is 0 Å². The van der Waals surface area contributed by atoms with Gasteiger partial charge >= 0.3 is 6.01 Å². The molecule has 2 N–H and O–H groups in total. The van der Waals surface area contributed by atoms with Crippen molar-refractivity contribution in [3.8, 4) is 11.9 Å². The summed E-state index contributed by atoms with van der Waals surface area (Å²) in [6, 6.07) is 6.98. The van der Waals surface area contributed by atoms with Gasteiger partial charge in [0.25, 0.3) is 15.9 Å². The summed E-state index contributed by atoms with van der Waals surface area (Å²) >= 11 is 0. The number of rotatable bonds is 7. The van der Waals surface area contributed by atoms with Gasteiger partial charge in [0.1, 0.15) is 0 Å². The Hall–Kier alpha value is -3.67. The van der Waals surface area contributed by atoms with E-state index in [9.17, 15) is 13.2 Å². The lowest BCUT2D eigenvalue weighted by molar-refractivity contribution is 0.102. The van der Waals surface area contributed by atoms with Crippen molar-refractivity contribution in [1.29, 1.82) is 0 Å². The SMILES string of the molecule is COc1cc(NS(=O)(=O)c2ccc(NC(=O)c3cn(C)nc3C)cc2)nc(OC)n1. The third-order valence-corrected chi connectivity index (χ3v) is 5.36. The summed E-state index contributed by atoms with van der Waals surface area (Å²) < 4.78 is 39.1. The second kappa shape index (κ2) is 8.37. The van der Waals surface area contributed by atoms with Gasteiger partial charge in [-0.15, -0.1) is 0 Å². The molecule has 0 spiro atoms. The van der Waals surface area contributed by atoms with E-state index in [1.54, 1.807) is 24.9 Å². The highest BCUT2D eigenvalue weighted by atomic mass is 32.2. The number of hydrogen-bond acceptors (Lipinski definition) is 8. The number of anilines is 2. The van der Waals surface area contributed by atoms with Crippen LogP contribution < -0.4 is 19.5 Å². The minimum Gasteiger partial charge on any atom is -0.481 e. The predicted molar refractivity (Wildman–Crippen MR) is 108 cm³/mol. The van der Waals surface area contributed by atoms with Gasteiger partial charge in [-0.2, -0.15) is 15.1 Å². The number of carbonyl (C=O) groups excluding carboxylic acids is 1. The average Bonchev–Trinajstić information content (AvgIpc) is 3.05. The third kappa shape index (κ3) is 4.66. The number of aryl methyl sites for hydroxylation is 2. The van der Waals surface area contributed by atoms with E-state index in [0.29, 0.717) is 16.9 Å². The largest absolute Gasteiger partial charge is 0.481 e. The minimum absolute atomic E-state index is 0.0110. The maximum absolute atomic E-state index is 12.7. The Bertz CT molecular complexity index is 1150. The van der Waals surface area contributed by atoms with Crippen LogP contribution in [-0.2, 0) is 17.1 Å². The first-order valence-electron chi connectivity index (χ1n) is 8.63. The number of hydrogen-bond donors (Lipinski definition) is 2. The van der Waals surface area contributed by atoms with Gasteiger partial charge < -0.3 is 14.8 Å². The Morgan fingerprint density at radius 3 is 2.37 bits per heavy atom. The maximum atomic E-state index is 12.7. The molecule has 11 nitrogen and oxygen atoms in total. The van der Waals surface area contributed by atoms with Crippen LogP contribution in [0.15, 0.2) is 41.4 Å². The molecule has 1 aromatic carbocycles. The monoisotopic (exact) mass is 432 g/mol. The molecular weight excluding hydrogens is 412 g/mol. The highest BCUT2D eigenvalue weighted by Crippen LogP contribution is 2.22. The fourth-order valence-corrected chi connectivity index (χ4v) is 3.58. The number of ether oxygens (including phenoxy) is 2. The normalized spacial score (nSPS) is 11.1. The summed E-state index contributed by atoms with van der Waals surface area (Å²) in [5, 5.41) is 6.83. The first-order chi connectivity index (χ1) is 14.2. The molecule has 3 rings (SSSR count). The predicted octanol–water partition coefficient (Wildman–Crippen LogP) is 1.59. The molecule has 0 unspecified atom stereocenters. The Morgan fingerprint density at radius 1 is 1.10 bits per heavy atom. The molecule has 158 valence electrons. The number of nitrogens with one attached hydrogen (secondary N) is 2. The minimum atomic E-state index is -3.94. The molecule has 2 heterocycles. The van der Waals surface area contributed by atoms with Crippen LogP contribution in [0.25, 0.3) is 0 Å². The summed E-state index contributed by atoms with van der Waals surface area (Å²) in [6.45, 7) is 1.73. The third-order valence-electron chi connectivity index (χ3n) is 3.99. The van der Waals surface area contributed by atoms with Crippen molar-refractivity contribution in [3.63, 3.8) is 0 Å². The van der Waals surface area contributed by atoms with Crippen LogP contribution >= 0.6 is 0 Å². The standard InChI is InChI=1S/C18H20N6O5S/c1-11-14(10-24(2)22-11)17(25)19-12-5-7-13(8-6-12)30(26,27)23-15-9-16(28-3)21-18(20-15)29-4/h5-10H,1-4H3,(H,19,25)(H,20,21,23). The zero-order valence-electron chi connectivity index (χ0n) is 16.7. The van der Waals surface area contributed by atoms with Crippen LogP contribution in [0.1, 0.15) is 16.1 Å². The Morgan fingerprint density at radius 2 is 1.80 bits per heavy atom. The molecule has 0 radical (unpaired) electrons. The van der Waals surface area contributed by atoms with Crippen molar-refractivity contribution >= 4 is 27.4 Å². The first-order valence-corrected chi connectivity index (χ1v) is 10.1. The Balaban J connectivity index is 1.76. The van der Waals surface area contributed by atoms with Crippen LogP contribution in [0.2, 0.25) is 0 Å². The zero-order valence-corrected chi connectivity index (χ0v) is 17.5. The van der Waals surface area contributed by atoms with E-state index in [1.165, 1.54) is 44.6 Å². The summed E-state index contributed by atoms with van der Waals surface area (Å²) in [5.41, 5.74) is 1.46. The van der Waals surface area contributed by atoms with Gasteiger partial charge in [0.2, 0.25) is 5.88 Å². The van der Waals surface area contributed by atoms with E-state index in [-0.39, 0.29) is 28.5 Å². The van der Waals surface area contributed by atoms with Crippen molar-refractivity contribution in [2.75, 3.05) is 24.3 Å². The Kier molecular flexibility index (Phi) is 5.87. The van der Waals surface area contributed by atoms with E-state index in [4.69, 9.17) is 9.47 Å². The molecule has 0 saturated heterocycles. The van der Waals surface area contributed by atoms with E-state index in [0.717, 1.165) is 0 Å². The van der Waals surface area contributed by atoms with Crippen molar-refractivity contribution in [3.05, 3.63) is 47.8 Å². The van der Waals surface area contributed by atoms with E-state index in [2.05, 4.69) is 25.1 Å². The van der Waals surface area contributed by atoms with Crippen LogP contribution in [0, 0.1) is 6.92 Å². The maximum Gasteiger partial charge on any atom is 0.321 e. The number of sulfonamides is 1. The van der Waals surface area contributed by atoms with Gasteiger partial charge in [-0.25, -0.2) is 8.42 Å². The van der Waals surface area contributed by atoms with E-state index < -0.39 is 10.0 Å². The number of benzene rings is 1. The number of nitrogens with zero attached hydrogens (tertiary/aromatic N) is 4. The molecule has 3 aromatic rings. The Labute approximate surface area is 173 Å². The molecule has 0 bridgehead atoms. The highest BCUT2D eigenvalue weighted by molar-refractivity contribution is 7.92. The van der Waals surface area contributed by atoms with Crippen molar-refractivity contribution in [2.24, 2.45) is 7.05 Å². The summed E-state index contributed by atoms with van der Waals surface area (Å²) in [5.74, 6) is -0.207. The van der Waals surface area contributed by atoms with Crippen LogP contribution in [-0.4, -0.2) is 48.3 Å². The topological polar surface area (TPSA) is 137 Å². The molecule has 0 aliphatic heterocycles. The van der Waals surface area contributed by atoms with Gasteiger partial charge in [0.05, 0.1) is 30.4 Å². The van der Waals surface area contributed by atoms with Crippen molar-refractivity contribution < 1.29 is 22.7 Å². The lowest BCUT2D eigenvalue weighted by Gasteiger charge is -2.10. The number of amides is 1. The molecule has 0 saturated carbocycles. The number of aromatic nitrogens is 4. The van der Waals surface area contributed by atoms with Crippen LogP contribution in [0.3, 0.4) is 0 Å². The fourth-order valence-electron chi connectivity index (χ4n) is 2.59. The number of carbonyl (C=O) groups is 1. The summed E-state index contributed by atoms with van der Waals surface area (Å²) in [7, 11) is 0.523. The van der Waals surface area contributed by atoms with Gasteiger partial charge in [0.15, 0.2) is 5.82 Å². The van der Waals surface area contributed by atoms with Gasteiger partial charge in [-0.3, -0.25) is 14.2 Å².